The van der Waals surface area contributed by atoms with Gasteiger partial charge in [-0.15, -0.1) is 0 Å². The van der Waals surface area contributed by atoms with Crippen LogP contribution in [-0.2, 0) is 17.8 Å². The predicted octanol–water partition coefficient (Wildman–Crippen LogP) is 4.34. The largest absolute Gasteiger partial charge is 0.353 e. The smallest absolute Gasteiger partial charge is 0.261 e. The summed E-state index contributed by atoms with van der Waals surface area (Å²) >= 11 is 0. The van der Waals surface area contributed by atoms with Crippen molar-refractivity contribution in [1.29, 1.82) is 0 Å². The maximum Gasteiger partial charge on any atom is 0.261 e. The normalized spacial score (nSPS) is 19.8. The third-order valence-corrected chi connectivity index (χ3v) is 6.50. The van der Waals surface area contributed by atoms with E-state index in [1.54, 1.807) is 10.9 Å². The Morgan fingerprint density at radius 2 is 1.77 bits per heavy atom. The first-order valence-corrected chi connectivity index (χ1v) is 11.4. The summed E-state index contributed by atoms with van der Waals surface area (Å²) < 4.78 is 1.74. The quantitative estimate of drug-likeness (QED) is 0.622. The first-order valence-electron chi connectivity index (χ1n) is 11.4. The lowest BCUT2D eigenvalue weighted by atomic mass is 9.81. The number of fused-ring (bicyclic) bond motifs is 1. The van der Waals surface area contributed by atoms with Crippen LogP contribution >= 0.6 is 0 Å². The summed E-state index contributed by atoms with van der Waals surface area (Å²) in [6.07, 6.45) is 7.30. The Hall–Kier alpha value is -2.95. The fourth-order valence-electron chi connectivity index (χ4n) is 4.58. The number of aryl methyl sites for hydroxylation is 1. The number of hydrogen-bond acceptors (Lipinski definition) is 3. The van der Waals surface area contributed by atoms with Crippen molar-refractivity contribution < 1.29 is 4.79 Å². The van der Waals surface area contributed by atoms with Gasteiger partial charge < -0.3 is 5.32 Å². The van der Waals surface area contributed by atoms with Crippen LogP contribution in [0.4, 0.5) is 0 Å². The number of amides is 1. The van der Waals surface area contributed by atoms with Crippen molar-refractivity contribution >= 4 is 16.8 Å². The van der Waals surface area contributed by atoms with Crippen LogP contribution in [0.5, 0.6) is 0 Å². The molecule has 1 aliphatic rings. The summed E-state index contributed by atoms with van der Waals surface area (Å²) in [6, 6.07) is 18.0. The van der Waals surface area contributed by atoms with Crippen LogP contribution in [0.3, 0.4) is 0 Å². The maximum absolute atomic E-state index is 12.7. The lowest BCUT2D eigenvalue weighted by Gasteiger charge is -2.29. The van der Waals surface area contributed by atoms with E-state index in [0.29, 0.717) is 17.8 Å². The molecule has 0 spiro atoms. The van der Waals surface area contributed by atoms with E-state index in [1.165, 1.54) is 5.56 Å². The van der Waals surface area contributed by atoms with Crippen molar-refractivity contribution in [3.8, 4) is 0 Å². The molecule has 5 nitrogen and oxygen atoms in total. The molecule has 0 aliphatic heterocycles. The number of rotatable bonds is 7. The van der Waals surface area contributed by atoms with E-state index in [2.05, 4.69) is 41.5 Å². The number of nitrogens with one attached hydrogen (secondary N) is 1. The molecule has 0 bridgehead atoms. The van der Waals surface area contributed by atoms with Crippen LogP contribution < -0.4 is 10.9 Å². The average Bonchev–Trinajstić information content (AvgIpc) is 2.81. The van der Waals surface area contributed by atoms with Crippen LogP contribution in [0.15, 0.2) is 65.7 Å². The number of para-hydroxylation sites is 1. The second-order valence-corrected chi connectivity index (χ2v) is 8.87. The van der Waals surface area contributed by atoms with Crippen LogP contribution in [0.2, 0.25) is 0 Å². The molecule has 1 unspecified atom stereocenters. The molecule has 162 valence electrons. The van der Waals surface area contributed by atoms with Crippen molar-refractivity contribution in [2.75, 3.05) is 0 Å². The fourth-order valence-corrected chi connectivity index (χ4v) is 4.58. The van der Waals surface area contributed by atoms with Crippen LogP contribution in [-0.4, -0.2) is 21.5 Å². The summed E-state index contributed by atoms with van der Waals surface area (Å²) in [5, 5.41) is 3.88. The van der Waals surface area contributed by atoms with Crippen molar-refractivity contribution in [2.24, 2.45) is 11.8 Å². The number of carbonyl (C=O) groups excluding carboxylic acids is 1. The second-order valence-electron chi connectivity index (χ2n) is 8.87. The van der Waals surface area contributed by atoms with Gasteiger partial charge in [-0.1, -0.05) is 42.5 Å². The number of carbonyl (C=O) groups is 1. The summed E-state index contributed by atoms with van der Waals surface area (Å²) in [5.41, 5.74) is 2.07. The number of benzene rings is 2. The third kappa shape index (κ3) is 5.40. The standard InChI is InChI=1S/C26H31N3O2/c1-19(11-12-20-7-3-2-4-8-20)28-25(30)22-15-13-21(14-16-22)17-29-18-27-24-10-6-5-9-23(24)26(29)31/h2-10,18-19,21-22H,11-17H2,1H3,(H,28,30). The second kappa shape index (κ2) is 9.90. The van der Waals surface area contributed by atoms with Crippen LogP contribution in [0, 0.1) is 11.8 Å². The molecule has 3 aromatic rings. The van der Waals surface area contributed by atoms with E-state index in [9.17, 15) is 9.59 Å². The van der Waals surface area contributed by atoms with Crippen LogP contribution in [0.25, 0.3) is 10.9 Å². The van der Waals surface area contributed by atoms with E-state index in [0.717, 1.165) is 44.0 Å². The van der Waals surface area contributed by atoms with Gasteiger partial charge >= 0.3 is 0 Å². The van der Waals surface area contributed by atoms with Gasteiger partial charge in [0.05, 0.1) is 17.2 Å². The van der Waals surface area contributed by atoms with E-state index in [4.69, 9.17) is 0 Å². The zero-order valence-corrected chi connectivity index (χ0v) is 18.2. The Bertz CT molecular complexity index is 1070. The minimum absolute atomic E-state index is 0.0257. The van der Waals surface area contributed by atoms with Crippen molar-refractivity contribution in [2.45, 2.75) is 58.0 Å². The minimum Gasteiger partial charge on any atom is -0.353 e. The number of aromatic nitrogens is 2. The highest BCUT2D eigenvalue weighted by atomic mass is 16.2. The molecule has 1 aliphatic carbocycles. The van der Waals surface area contributed by atoms with Crippen LogP contribution in [0.1, 0.15) is 44.6 Å². The van der Waals surface area contributed by atoms with Crippen molar-refractivity contribution in [1.82, 2.24) is 14.9 Å². The molecular weight excluding hydrogens is 386 g/mol. The Kier molecular flexibility index (Phi) is 6.80. The molecule has 4 rings (SSSR count). The Morgan fingerprint density at radius 1 is 1.06 bits per heavy atom. The molecule has 0 saturated heterocycles. The fraction of sp³-hybridized carbons (Fsp3) is 0.423. The molecular formula is C26H31N3O2. The van der Waals surface area contributed by atoms with Crippen molar-refractivity contribution in [3.05, 3.63) is 76.8 Å². The van der Waals surface area contributed by atoms with E-state index >= 15 is 0 Å². The zero-order chi connectivity index (χ0) is 21.6. The molecule has 1 aromatic heterocycles. The van der Waals surface area contributed by atoms with Gasteiger partial charge in [-0.2, -0.15) is 0 Å². The Morgan fingerprint density at radius 3 is 2.55 bits per heavy atom. The molecule has 1 fully saturated rings. The Labute approximate surface area is 183 Å². The number of hydrogen-bond donors (Lipinski definition) is 1. The first kappa shape index (κ1) is 21.3. The topological polar surface area (TPSA) is 64.0 Å². The van der Waals surface area contributed by atoms with Gasteiger partial charge in [-0.25, -0.2) is 4.98 Å². The Balaban J connectivity index is 1.25. The van der Waals surface area contributed by atoms with Gasteiger partial charge in [0.15, 0.2) is 0 Å². The molecule has 0 radical (unpaired) electrons. The lowest BCUT2D eigenvalue weighted by Crippen LogP contribution is -2.39. The van der Waals surface area contributed by atoms with E-state index in [1.807, 2.05) is 30.3 Å². The molecule has 1 amide bonds. The van der Waals surface area contributed by atoms with Gasteiger partial charge in [0.1, 0.15) is 0 Å². The molecule has 1 heterocycles. The summed E-state index contributed by atoms with van der Waals surface area (Å²) in [7, 11) is 0. The predicted molar refractivity (Wildman–Crippen MR) is 124 cm³/mol. The average molecular weight is 418 g/mol. The minimum atomic E-state index is 0.0257. The summed E-state index contributed by atoms with van der Waals surface area (Å²) in [6.45, 7) is 2.77. The highest BCUT2D eigenvalue weighted by Crippen LogP contribution is 2.30. The molecule has 1 N–H and O–H groups in total. The monoisotopic (exact) mass is 417 g/mol. The molecule has 1 saturated carbocycles. The highest BCUT2D eigenvalue weighted by Gasteiger charge is 2.27. The SMILES string of the molecule is CC(CCc1ccccc1)NC(=O)C1CCC(Cn2cnc3ccccc3c2=O)CC1. The van der Waals surface area contributed by atoms with Gasteiger partial charge in [-0.05, 0) is 69.1 Å². The molecule has 1 atom stereocenters. The zero-order valence-electron chi connectivity index (χ0n) is 18.2. The molecule has 31 heavy (non-hydrogen) atoms. The summed E-state index contributed by atoms with van der Waals surface area (Å²) in [4.78, 5) is 29.8. The maximum atomic E-state index is 12.7. The van der Waals surface area contributed by atoms with Gasteiger partial charge in [0.2, 0.25) is 5.91 Å². The third-order valence-electron chi connectivity index (χ3n) is 6.50. The molecule has 2 aromatic carbocycles. The lowest BCUT2D eigenvalue weighted by molar-refractivity contribution is -0.126. The first-order chi connectivity index (χ1) is 15.1. The van der Waals surface area contributed by atoms with E-state index < -0.39 is 0 Å². The van der Waals surface area contributed by atoms with Gasteiger partial charge in [0, 0.05) is 18.5 Å². The summed E-state index contributed by atoms with van der Waals surface area (Å²) in [5.74, 6) is 0.686. The van der Waals surface area contributed by atoms with Gasteiger partial charge in [-0.3, -0.25) is 14.2 Å². The highest BCUT2D eigenvalue weighted by molar-refractivity contribution is 5.79. The number of nitrogens with zero attached hydrogens (tertiary/aromatic N) is 2. The van der Waals surface area contributed by atoms with Gasteiger partial charge in [0.25, 0.3) is 5.56 Å². The van der Waals surface area contributed by atoms with Crippen molar-refractivity contribution in [3.63, 3.8) is 0 Å². The van der Waals surface area contributed by atoms with E-state index in [-0.39, 0.29) is 23.4 Å². The molecule has 5 heteroatoms.